The summed E-state index contributed by atoms with van der Waals surface area (Å²) in [5, 5.41) is 7.42. The Morgan fingerprint density at radius 2 is 1.92 bits per heavy atom. The monoisotopic (exact) mass is 363 g/mol. The van der Waals surface area contributed by atoms with Crippen molar-refractivity contribution in [1.82, 2.24) is 15.7 Å². The topological polar surface area (TPSA) is 117 Å². The summed E-state index contributed by atoms with van der Waals surface area (Å²) >= 11 is 0. The van der Waals surface area contributed by atoms with Gasteiger partial charge in [0.05, 0.1) is 11.9 Å². The largest absolute Gasteiger partial charge is 0.481 e. The van der Waals surface area contributed by atoms with Crippen molar-refractivity contribution in [2.75, 3.05) is 18.8 Å². The molecule has 0 bridgehead atoms. The lowest BCUT2D eigenvalue weighted by atomic mass is 9.98. The van der Waals surface area contributed by atoms with E-state index in [9.17, 15) is 8.42 Å². The van der Waals surface area contributed by atoms with E-state index in [1.54, 1.807) is 18.2 Å². The SMILES string of the molecule is C=C/C=C\CS(=O)(=O)NCCNNOC1CCCCC1.CC(=O)O. The van der Waals surface area contributed by atoms with Crippen molar-refractivity contribution < 1.29 is 23.2 Å². The fraction of sp³-hybridized carbons (Fsp3) is 0.667. The summed E-state index contributed by atoms with van der Waals surface area (Å²) in [6, 6.07) is 0. The van der Waals surface area contributed by atoms with Gasteiger partial charge < -0.3 is 5.11 Å². The normalized spacial score (nSPS) is 15.7. The number of sulfonamides is 1. The minimum atomic E-state index is -3.25. The predicted molar refractivity (Wildman–Crippen MR) is 93.5 cm³/mol. The van der Waals surface area contributed by atoms with Gasteiger partial charge in [0, 0.05) is 20.0 Å². The molecule has 1 saturated carbocycles. The third kappa shape index (κ3) is 15.6. The van der Waals surface area contributed by atoms with Gasteiger partial charge in [-0.2, -0.15) is 0 Å². The van der Waals surface area contributed by atoms with Crippen LogP contribution in [0.4, 0.5) is 0 Å². The highest BCUT2D eigenvalue weighted by atomic mass is 32.2. The predicted octanol–water partition coefficient (Wildman–Crippen LogP) is 1.10. The van der Waals surface area contributed by atoms with E-state index in [1.165, 1.54) is 19.3 Å². The first-order valence-corrected chi connectivity index (χ1v) is 9.60. The molecule has 0 aliphatic heterocycles. The lowest BCUT2D eigenvalue weighted by molar-refractivity contribution is -0.134. The molecule has 8 nitrogen and oxygen atoms in total. The quantitative estimate of drug-likeness (QED) is 0.261. The minimum absolute atomic E-state index is 0.0367. The summed E-state index contributed by atoms with van der Waals surface area (Å²) in [6.07, 6.45) is 10.8. The highest BCUT2D eigenvalue weighted by Gasteiger charge is 2.13. The molecule has 0 aromatic heterocycles. The highest BCUT2D eigenvalue weighted by Crippen LogP contribution is 2.18. The summed E-state index contributed by atoms with van der Waals surface area (Å²) < 4.78 is 25.5. The van der Waals surface area contributed by atoms with E-state index >= 15 is 0 Å². The molecule has 0 saturated heterocycles. The van der Waals surface area contributed by atoms with Crippen LogP contribution in [0.2, 0.25) is 0 Å². The summed E-state index contributed by atoms with van der Waals surface area (Å²) in [5.74, 6) is -0.870. The number of aliphatic carboxylic acids is 1. The molecule has 0 atom stereocenters. The Morgan fingerprint density at radius 3 is 2.50 bits per heavy atom. The lowest BCUT2D eigenvalue weighted by Crippen LogP contribution is -2.41. The van der Waals surface area contributed by atoms with Crippen molar-refractivity contribution >= 4 is 16.0 Å². The number of carbonyl (C=O) groups is 1. The van der Waals surface area contributed by atoms with Crippen LogP contribution < -0.4 is 15.7 Å². The number of allylic oxidation sites excluding steroid dienone is 2. The molecule has 0 unspecified atom stereocenters. The zero-order valence-electron chi connectivity index (χ0n) is 14.2. The van der Waals surface area contributed by atoms with Crippen LogP contribution in [0, 0.1) is 0 Å². The smallest absolute Gasteiger partial charge is 0.300 e. The van der Waals surface area contributed by atoms with Gasteiger partial charge in [0.15, 0.2) is 0 Å². The Morgan fingerprint density at radius 1 is 1.29 bits per heavy atom. The Labute approximate surface area is 144 Å². The maximum Gasteiger partial charge on any atom is 0.300 e. The molecule has 4 N–H and O–H groups in total. The van der Waals surface area contributed by atoms with Crippen LogP contribution in [0.15, 0.2) is 24.8 Å². The third-order valence-electron chi connectivity index (χ3n) is 3.01. The van der Waals surface area contributed by atoms with Crippen LogP contribution in [0.1, 0.15) is 39.0 Å². The van der Waals surface area contributed by atoms with E-state index in [1.807, 2.05) is 0 Å². The first-order valence-electron chi connectivity index (χ1n) is 7.95. The molecule has 0 aromatic carbocycles. The molecule has 140 valence electrons. The first kappa shape index (κ1) is 22.7. The second-order valence-corrected chi connectivity index (χ2v) is 7.12. The van der Waals surface area contributed by atoms with Crippen LogP contribution in [-0.2, 0) is 19.7 Å². The summed E-state index contributed by atoms with van der Waals surface area (Å²) in [7, 11) is -3.25. The summed E-state index contributed by atoms with van der Waals surface area (Å²) in [5.41, 5.74) is 5.52. The Balaban J connectivity index is 0.00000118. The third-order valence-corrected chi connectivity index (χ3v) is 4.28. The summed E-state index contributed by atoms with van der Waals surface area (Å²) in [4.78, 5) is 14.4. The average Bonchev–Trinajstić information content (AvgIpc) is 2.51. The molecule has 1 aliphatic rings. The van der Waals surface area contributed by atoms with E-state index in [-0.39, 0.29) is 11.9 Å². The van der Waals surface area contributed by atoms with Gasteiger partial charge in [0.2, 0.25) is 10.0 Å². The van der Waals surface area contributed by atoms with Crippen LogP contribution in [0.25, 0.3) is 0 Å². The van der Waals surface area contributed by atoms with Crippen molar-refractivity contribution in [2.45, 2.75) is 45.1 Å². The molecule has 0 aromatic rings. The zero-order valence-corrected chi connectivity index (χ0v) is 15.0. The zero-order chi connectivity index (χ0) is 18.3. The second-order valence-electron chi connectivity index (χ2n) is 5.27. The van der Waals surface area contributed by atoms with Crippen molar-refractivity contribution in [2.24, 2.45) is 0 Å². The average molecular weight is 363 g/mol. The molecule has 0 spiro atoms. The van der Waals surface area contributed by atoms with Gasteiger partial charge in [-0.1, -0.05) is 44.1 Å². The Hall–Kier alpha value is -1.26. The van der Waals surface area contributed by atoms with Gasteiger partial charge in [-0.05, 0) is 12.8 Å². The molecule has 1 aliphatic carbocycles. The number of hydrogen-bond donors (Lipinski definition) is 4. The standard InChI is InChI=1S/C13H25N3O3S.C2H4O2/c1-2-3-7-12-20(17,18)15-11-10-14-16-19-13-8-5-4-6-9-13;1-2(3)4/h2-3,7,13-16H,1,4-6,8-12H2;1H3,(H,3,4)/b7-3-;. The van der Waals surface area contributed by atoms with Crippen LogP contribution >= 0.6 is 0 Å². The molecule has 0 radical (unpaired) electrons. The molecule has 9 heteroatoms. The van der Waals surface area contributed by atoms with Gasteiger partial charge in [-0.3, -0.25) is 9.63 Å². The molecular weight excluding hydrogens is 334 g/mol. The van der Waals surface area contributed by atoms with E-state index in [4.69, 9.17) is 14.7 Å². The van der Waals surface area contributed by atoms with Crippen LogP contribution in [0.5, 0.6) is 0 Å². The Kier molecular flexibility index (Phi) is 13.4. The molecule has 1 fully saturated rings. The van der Waals surface area contributed by atoms with Crippen molar-refractivity contribution in [1.29, 1.82) is 0 Å². The van der Waals surface area contributed by atoms with Crippen molar-refractivity contribution in [3.63, 3.8) is 0 Å². The minimum Gasteiger partial charge on any atom is -0.481 e. The van der Waals surface area contributed by atoms with Crippen LogP contribution in [-0.4, -0.2) is 44.4 Å². The van der Waals surface area contributed by atoms with Crippen LogP contribution in [0.3, 0.4) is 0 Å². The highest BCUT2D eigenvalue weighted by molar-refractivity contribution is 7.89. The number of carboxylic acid groups (broad SMARTS) is 1. The number of carboxylic acids is 1. The molecule has 1 rings (SSSR count). The maximum atomic E-state index is 11.5. The van der Waals surface area contributed by atoms with Crippen molar-refractivity contribution in [3.8, 4) is 0 Å². The molecule has 0 amide bonds. The Bertz CT molecular complexity index is 470. The number of hydrazine groups is 1. The van der Waals surface area contributed by atoms with E-state index in [0.717, 1.165) is 19.8 Å². The molecule has 0 heterocycles. The van der Waals surface area contributed by atoms with E-state index < -0.39 is 16.0 Å². The van der Waals surface area contributed by atoms with E-state index in [0.29, 0.717) is 13.1 Å². The van der Waals surface area contributed by atoms with Gasteiger partial charge >= 0.3 is 0 Å². The fourth-order valence-corrected chi connectivity index (χ4v) is 2.86. The first-order chi connectivity index (χ1) is 11.4. The van der Waals surface area contributed by atoms with Gasteiger partial charge in [-0.15, -0.1) is 5.59 Å². The number of nitrogens with one attached hydrogen (secondary N) is 3. The van der Waals surface area contributed by atoms with Gasteiger partial charge in [0.1, 0.15) is 0 Å². The molecular formula is C15H29N3O5S. The number of rotatable bonds is 10. The van der Waals surface area contributed by atoms with E-state index in [2.05, 4.69) is 22.3 Å². The summed E-state index contributed by atoms with van der Waals surface area (Å²) in [6.45, 7) is 5.33. The number of hydrogen-bond acceptors (Lipinski definition) is 6. The van der Waals surface area contributed by atoms with Crippen molar-refractivity contribution in [3.05, 3.63) is 24.8 Å². The fourth-order valence-electron chi connectivity index (χ4n) is 1.97. The van der Waals surface area contributed by atoms with Gasteiger partial charge in [0.25, 0.3) is 5.97 Å². The lowest BCUT2D eigenvalue weighted by Gasteiger charge is -2.21. The maximum absolute atomic E-state index is 11.5. The van der Waals surface area contributed by atoms with Gasteiger partial charge in [-0.25, -0.2) is 18.6 Å². The molecule has 24 heavy (non-hydrogen) atoms. The second kappa shape index (κ2) is 14.1.